The third kappa shape index (κ3) is 4.51. The minimum Gasteiger partial charge on any atom is -0.493 e. The zero-order chi connectivity index (χ0) is 23.6. The topological polar surface area (TPSA) is 104 Å². The fraction of sp³-hybridized carbons (Fsp3) is 0.364. The van der Waals surface area contributed by atoms with Gasteiger partial charge in [0.1, 0.15) is 5.82 Å². The van der Waals surface area contributed by atoms with Crippen LogP contribution in [0.15, 0.2) is 45.8 Å². The Morgan fingerprint density at radius 3 is 2.33 bits per heavy atom. The van der Waals surface area contributed by atoms with Crippen LogP contribution in [-0.2, 0) is 10.0 Å². The molecule has 1 aliphatic heterocycles. The van der Waals surface area contributed by atoms with Crippen LogP contribution in [0.4, 0.5) is 4.39 Å². The van der Waals surface area contributed by atoms with Crippen LogP contribution in [0.5, 0.6) is 17.2 Å². The second-order valence-electron chi connectivity index (χ2n) is 7.53. The molecule has 11 heteroatoms. The summed E-state index contributed by atoms with van der Waals surface area (Å²) in [6, 6.07) is 8.23. The number of methoxy groups -OCH3 is 3. The lowest BCUT2D eigenvalue weighted by molar-refractivity contribution is 0.265. The van der Waals surface area contributed by atoms with Gasteiger partial charge >= 0.3 is 0 Å². The van der Waals surface area contributed by atoms with Crippen molar-refractivity contribution in [3.05, 3.63) is 48.1 Å². The number of benzene rings is 2. The van der Waals surface area contributed by atoms with Gasteiger partial charge in [0, 0.05) is 18.7 Å². The van der Waals surface area contributed by atoms with Crippen molar-refractivity contribution in [1.29, 1.82) is 0 Å². The van der Waals surface area contributed by atoms with Crippen molar-refractivity contribution in [3.63, 3.8) is 0 Å². The maximum absolute atomic E-state index is 13.2. The molecule has 0 aliphatic carbocycles. The van der Waals surface area contributed by atoms with Crippen molar-refractivity contribution in [2.24, 2.45) is 0 Å². The van der Waals surface area contributed by atoms with Crippen LogP contribution in [0.25, 0.3) is 11.4 Å². The molecule has 2 aromatic carbocycles. The van der Waals surface area contributed by atoms with Crippen molar-refractivity contribution in [1.82, 2.24) is 14.4 Å². The standard InChI is InChI=1S/C22H24FN3O6S/c1-29-18-11-15(12-19(30-2)20(18)31-3)21-24-22(32-25-21)14-5-4-10-26(13-14)33(27,28)17-8-6-16(23)7-9-17/h6-9,11-12,14H,4-5,10,13H2,1-3H3. The summed E-state index contributed by atoms with van der Waals surface area (Å²) in [6.45, 7) is 0.556. The Kier molecular flexibility index (Phi) is 6.52. The first kappa shape index (κ1) is 23.0. The smallest absolute Gasteiger partial charge is 0.243 e. The molecular formula is C22H24FN3O6S. The average Bonchev–Trinajstić information content (AvgIpc) is 3.34. The van der Waals surface area contributed by atoms with E-state index in [9.17, 15) is 12.8 Å². The van der Waals surface area contributed by atoms with E-state index in [1.807, 2.05) is 0 Å². The Morgan fingerprint density at radius 2 is 1.73 bits per heavy atom. The fourth-order valence-electron chi connectivity index (χ4n) is 3.85. The first-order valence-corrected chi connectivity index (χ1v) is 11.7. The Labute approximate surface area is 191 Å². The lowest BCUT2D eigenvalue weighted by Crippen LogP contribution is -2.39. The normalized spacial score (nSPS) is 17.0. The van der Waals surface area contributed by atoms with Gasteiger partial charge in [-0.05, 0) is 49.2 Å². The van der Waals surface area contributed by atoms with Crippen LogP contribution in [0, 0.1) is 5.82 Å². The van der Waals surface area contributed by atoms with E-state index in [0.29, 0.717) is 53.9 Å². The number of piperidine rings is 1. The average molecular weight is 478 g/mol. The van der Waals surface area contributed by atoms with Crippen LogP contribution in [-0.4, -0.2) is 57.3 Å². The molecule has 1 unspecified atom stereocenters. The monoisotopic (exact) mass is 477 g/mol. The lowest BCUT2D eigenvalue weighted by Gasteiger charge is -2.30. The second kappa shape index (κ2) is 9.36. The summed E-state index contributed by atoms with van der Waals surface area (Å²) in [5.74, 6) is 1.26. The van der Waals surface area contributed by atoms with Gasteiger partial charge in [-0.2, -0.15) is 9.29 Å². The fourth-order valence-corrected chi connectivity index (χ4v) is 5.37. The van der Waals surface area contributed by atoms with E-state index in [4.69, 9.17) is 18.7 Å². The van der Waals surface area contributed by atoms with Gasteiger partial charge in [0.15, 0.2) is 11.5 Å². The molecule has 0 radical (unpaired) electrons. The summed E-state index contributed by atoms with van der Waals surface area (Å²) in [4.78, 5) is 4.56. The van der Waals surface area contributed by atoms with Crippen molar-refractivity contribution in [2.75, 3.05) is 34.4 Å². The summed E-state index contributed by atoms with van der Waals surface area (Å²) in [6.07, 6.45) is 1.33. The van der Waals surface area contributed by atoms with Gasteiger partial charge in [-0.3, -0.25) is 0 Å². The summed E-state index contributed by atoms with van der Waals surface area (Å²) < 4.78 is 62.2. The SMILES string of the molecule is COc1cc(-c2noc(C3CCCN(S(=O)(=O)c4ccc(F)cc4)C3)n2)cc(OC)c1OC. The van der Waals surface area contributed by atoms with Crippen molar-refractivity contribution < 1.29 is 31.5 Å². The molecule has 1 aromatic heterocycles. The van der Waals surface area contributed by atoms with E-state index in [-0.39, 0.29) is 17.4 Å². The predicted octanol–water partition coefficient (Wildman–Crippen LogP) is 3.47. The van der Waals surface area contributed by atoms with Gasteiger partial charge in [-0.15, -0.1) is 0 Å². The van der Waals surface area contributed by atoms with Crippen LogP contribution >= 0.6 is 0 Å². The highest BCUT2D eigenvalue weighted by Gasteiger charge is 2.33. The largest absolute Gasteiger partial charge is 0.493 e. The molecule has 0 N–H and O–H groups in total. The number of ether oxygens (including phenoxy) is 3. The maximum atomic E-state index is 13.2. The van der Waals surface area contributed by atoms with E-state index in [1.54, 1.807) is 12.1 Å². The molecule has 1 atom stereocenters. The Hall–Kier alpha value is -3.18. The van der Waals surface area contributed by atoms with Gasteiger partial charge in [-0.1, -0.05) is 5.16 Å². The maximum Gasteiger partial charge on any atom is 0.243 e. The Morgan fingerprint density at radius 1 is 1.06 bits per heavy atom. The number of aromatic nitrogens is 2. The predicted molar refractivity (Wildman–Crippen MR) is 117 cm³/mol. The molecule has 33 heavy (non-hydrogen) atoms. The van der Waals surface area contributed by atoms with Crippen LogP contribution in [0.1, 0.15) is 24.7 Å². The molecule has 0 saturated carbocycles. The number of hydrogen-bond acceptors (Lipinski definition) is 8. The lowest BCUT2D eigenvalue weighted by atomic mass is 10.00. The highest BCUT2D eigenvalue weighted by Crippen LogP contribution is 2.41. The number of halogens is 1. The summed E-state index contributed by atoms with van der Waals surface area (Å²) >= 11 is 0. The van der Waals surface area contributed by atoms with Gasteiger partial charge in [0.05, 0.1) is 32.1 Å². The van der Waals surface area contributed by atoms with Crippen molar-refractivity contribution >= 4 is 10.0 Å². The molecule has 4 rings (SSSR count). The molecule has 2 heterocycles. The first-order chi connectivity index (χ1) is 15.9. The van der Waals surface area contributed by atoms with Gasteiger partial charge < -0.3 is 18.7 Å². The number of nitrogens with zero attached hydrogens (tertiary/aromatic N) is 3. The van der Waals surface area contributed by atoms with Crippen molar-refractivity contribution in [3.8, 4) is 28.6 Å². The second-order valence-corrected chi connectivity index (χ2v) is 9.46. The molecule has 9 nitrogen and oxygen atoms in total. The Bertz CT molecular complexity index is 1200. The molecule has 0 spiro atoms. The van der Waals surface area contributed by atoms with Crippen LogP contribution in [0.3, 0.4) is 0 Å². The molecule has 176 valence electrons. The zero-order valence-electron chi connectivity index (χ0n) is 18.4. The minimum absolute atomic E-state index is 0.0493. The third-order valence-corrected chi connectivity index (χ3v) is 7.43. The molecule has 0 amide bonds. The summed E-state index contributed by atoms with van der Waals surface area (Å²) in [5, 5.41) is 4.08. The number of rotatable bonds is 7. The van der Waals surface area contributed by atoms with Gasteiger partial charge in [-0.25, -0.2) is 12.8 Å². The molecular weight excluding hydrogens is 453 g/mol. The number of sulfonamides is 1. The van der Waals surface area contributed by atoms with Crippen LogP contribution in [0.2, 0.25) is 0 Å². The first-order valence-electron chi connectivity index (χ1n) is 10.3. The van der Waals surface area contributed by atoms with E-state index in [1.165, 1.54) is 37.8 Å². The van der Waals surface area contributed by atoms with E-state index >= 15 is 0 Å². The van der Waals surface area contributed by atoms with E-state index < -0.39 is 15.8 Å². The van der Waals surface area contributed by atoms with E-state index in [0.717, 1.165) is 12.1 Å². The van der Waals surface area contributed by atoms with Gasteiger partial charge in [0.25, 0.3) is 0 Å². The summed E-state index contributed by atoms with van der Waals surface area (Å²) in [7, 11) is 0.784. The highest BCUT2D eigenvalue weighted by molar-refractivity contribution is 7.89. The Balaban J connectivity index is 1.58. The molecule has 1 fully saturated rings. The summed E-state index contributed by atoms with van der Waals surface area (Å²) in [5.41, 5.74) is 0.603. The van der Waals surface area contributed by atoms with Crippen LogP contribution < -0.4 is 14.2 Å². The van der Waals surface area contributed by atoms with Gasteiger partial charge in [0.2, 0.25) is 27.5 Å². The minimum atomic E-state index is -3.76. The van der Waals surface area contributed by atoms with E-state index in [2.05, 4.69) is 10.1 Å². The zero-order valence-corrected chi connectivity index (χ0v) is 19.3. The third-order valence-electron chi connectivity index (χ3n) is 5.55. The molecule has 1 saturated heterocycles. The van der Waals surface area contributed by atoms with Crippen molar-refractivity contribution in [2.45, 2.75) is 23.7 Å². The number of hydrogen-bond donors (Lipinski definition) is 0. The molecule has 3 aromatic rings. The highest BCUT2D eigenvalue weighted by atomic mass is 32.2. The quantitative estimate of drug-likeness (QED) is 0.510. The molecule has 0 bridgehead atoms. The molecule has 1 aliphatic rings.